The van der Waals surface area contributed by atoms with Gasteiger partial charge in [-0.3, -0.25) is 0 Å². The Morgan fingerprint density at radius 2 is 1.79 bits per heavy atom. The molecule has 0 radical (unpaired) electrons. The molecule has 0 spiro atoms. The molecule has 2 aromatic rings. The van der Waals surface area contributed by atoms with E-state index in [0.29, 0.717) is 13.0 Å². The molecule has 1 N–H and O–H groups in total. The highest BCUT2D eigenvalue weighted by Gasteiger charge is 2.16. The van der Waals surface area contributed by atoms with Gasteiger partial charge in [0, 0.05) is 25.3 Å². The van der Waals surface area contributed by atoms with Crippen LogP contribution in [-0.2, 0) is 16.4 Å². The molecular formula is C21H27FN2O3S. The number of benzene rings is 2. The number of rotatable bonds is 8. The normalized spacial score (nSPS) is 14.9. The van der Waals surface area contributed by atoms with Gasteiger partial charge in [0.25, 0.3) is 0 Å². The first kappa shape index (κ1) is 20.6. The maximum Gasteiger partial charge on any atom is 0.240 e. The molecular weight excluding hydrogens is 379 g/mol. The predicted molar refractivity (Wildman–Crippen MR) is 109 cm³/mol. The predicted octanol–water partition coefficient (Wildman–Crippen LogP) is 3.74. The van der Waals surface area contributed by atoms with Crippen LogP contribution in [0.3, 0.4) is 0 Å². The number of nitrogens with zero attached hydrogens (tertiary/aromatic N) is 1. The summed E-state index contributed by atoms with van der Waals surface area (Å²) in [6.07, 6.45) is 5.26. The van der Waals surface area contributed by atoms with Crippen molar-refractivity contribution in [3.05, 3.63) is 53.8 Å². The van der Waals surface area contributed by atoms with Crippen molar-refractivity contribution in [2.45, 2.75) is 37.0 Å². The lowest BCUT2D eigenvalue weighted by molar-refractivity contribution is 0.385. The number of halogens is 1. The maximum atomic E-state index is 13.7. The van der Waals surface area contributed by atoms with Crippen LogP contribution in [0.1, 0.15) is 31.2 Å². The Hall–Kier alpha value is -2.12. The first-order chi connectivity index (χ1) is 13.5. The standard InChI is InChI=1S/C21H27FN2O3S/c1-27-21-12-11-19(16-20(21)22)28(25,26)23-13-5-6-17-7-9-18(10-8-17)24-14-3-2-4-15-24/h7-12,16,23H,2-6,13-15H2,1H3. The number of piperidine rings is 1. The molecule has 0 saturated carbocycles. The van der Waals surface area contributed by atoms with Crippen molar-refractivity contribution in [3.8, 4) is 5.75 Å². The highest BCUT2D eigenvalue weighted by atomic mass is 32.2. The number of ether oxygens (including phenoxy) is 1. The topological polar surface area (TPSA) is 58.6 Å². The van der Waals surface area contributed by atoms with Crippen LogP contribution in [0.5, 0.6) is 5.75 Å². The largest absolute Gasteiger partial charge is 0.494 e. The van der Waals surface area contributed by atoms with Crippen LogP contribution in [-0.4, -0.2) is 35.2 Å². The van der Waals surface area contributed by atoms with Crippen LogP contribution in [0.25, 0.3) is 0 Å². The highest BCUT2D eigenvalue weighted by molar-refractivity contribution is 7.89. The van der Waals surface area contributed by atoms with E-state index in [4.69, 9.17) is 4.74 Å². The molecule has 5 nitrogen and oxygen atoms in total. The number of sulfonamides is 1. The first-order valence-corrected chi connectivity index (χ1v) is 11.1. The fourth-order valence-corrected chi connectivity index (χ4v) is 4.51. The maximum absolute atomic E-state index is 13.7. The third-order valence-electron chi connectivity index (χ3n) is 5.03. The van der Waals surface area contributed by atoms with Crippen molar-refractivity contribution in [3.63, 3.8) is 0 Å². The van der Waals surface area contributed by atoms with Crippen LogP contribution in [0.4, 0.5) is 10.1 Å². The fourth-order valence-electron chi connectivity index (χ4n) is 3.42. The van der Waals surface area contributed by atoms with E-state index in [0.717, 1.165) is 25.6 Å². The minimum absolute atomic E-state index is 0.0203. The van der Waals surface area contributed by atoms with E-state index in [9.17, 15) is 12.8 Å². The van der Waals surface area contributed by atoms with Crippen molar-refractivity contribution in [1.29, 1.82) is 0 Å². The van der Waals surface area contributed by atoms with Gasteiger partial charge in [-0.15, -0.1) is 0 Å². The Bertz CT molecular complexity index is 879. The molecule has 3 rings (SSSR count). The molecule has 0 amide bonds. The second-order valence-electron chi connectivity index (χ2n) is 7.01. The molecule has 28 heavy (non-hydrogen) atoms. The SMILES string of the molecule is COc1ccc(S(=O)(=O)NCCCc2ccc(N3CCCCC3)cc2)cc1F. The van der Waals surface area contributed by atoms with Gasteiger partial charge in [0.2, 0.25) is 10.0 Å². The first-order valence-electron chi connectivity index (χ1n) is 9.67. The van der Waals surface area contributed by atoms with E-state index in [-0.39, 0.29) is 10.6 Å². The van der Waals surface area contributed by atoms with E-state index >= 15 is 0 Å². The van der Waals surface area contributed by atoms with Crippen molar-refractivity contribution >= 4 is 15.7 Å². The van der Waals surface area contributed by atoms with Gasteiger partial charge < -0.3 is 9.64 Å². The molecule has 0 unspecified atom stereocenters. The zero-order chi connectivity index (χ0) is 20.0. The molecule has 152 valence electrons. The van der Waals surface area contributed by atoms with Gasteiger partial charge in [-0.05, 0) is 68.0 Å². The Kier molecular flexibility index (Phi) is 6.91. The van der Waals surface area contributed by atoms with Gasteiger partial charge >= 0.3 is 0 Å². The average molecular weight is 407 g/mol. The minimum atomic E-state index is -3.74. The van der Waals surface area contributed by atoms with Crippen LogP contribution in [0, 0.1) is 5.82 Å². The monoisotopic (exact) mass is 406 g/mol. The number of methoxy groups -OCH3 is 1. The zero-order valence-corrected chi connectivity index (χ0v) is 17.0. The second kappa shape index (κ2) is 9.39. The lowest BCUT2D eigenvalue weighted by Crippen LogP contribution is -2.29. The Morgan fingerprint density at radius 3 is 2.43 bits per heavy atom. The van der Waals surface area contributed by atoms with Crippen molar-refractivity contribution in [2.75, 3.05) is 31.6 Å². The number of aryl methyl sites for hydroxylation is 1. The summed E-state index contributed by atoms with van der Waals surface area (Å²) >= 11 is 0. The van der Waals surface area contributed by atoms with E-state index in [1.54, 1.807) is 0 Å². The summed E-state index contributed by atoms with van der Waals surface area (Å²) in [4.78, 5) is 2.31. The lowest BCUT2D eigenvalue weighted by atomic mass is 10.1. The van der Waals surface area contributed by atoms with Gasteiger partial charge in [-0.25, -0.2) is 17.5 Å². The lowest BCUT2D eigenvalue weighted by Gasteiger charge is -2.28. The Morgan fingerprint density at radius 1 is 1.07 bits per heavy atom. The Labute approximate surface area is 166 Å². The number of hydrogen-bond donors (Lipinski definition) is 1. The van der Waals surface area contributed by atoms with E-state index < -0.39 is 15.8 Å². The third-order valence-corrected chi connectivity index (χ3v) is 6.48. The van der Waals surface area contributed by atoms with Gasteiger partial charge in [0.05, 0.1) is 12.0 Å². The zero-order valence-electron chi connectivity index (χ0n) is 16.2. The summed E-state index contributed by atoms with van der Waals surface area (Å²) in [6, 6.07) is 12.1. The third kappa shape index (κ3) is 5.23. The fraction of sp³-hybridized carbons (Fsp3) is 0.429. The molecule has 1 aliphatic heterocycles. The van der Waals surface area contributed by atoms with Crippen molar-refractivity contribution in [1.82, 2.24) is 4.72 Å². The van der Waals surface area contributed by atoms with Gasteiger partial charge in [0.15, 0.2) is 11.6 Å². The van der Waals surface area contributed by atoms with E-state index in [1.165, 1.54) is 49.8 Å². The summed E-state index contributed by atoms with van der Waals surface area (Å²) in [5, 5.41) is 0. The summed E-state index contributed by atoms with van der Waals surface area (Å²) in [5.74, 6) is -0.675. The summed E-state index contributed by atoms with van der Waals surface area (Å²) in [7, 11) is -2.40. The minimum Gasteiger partial charge on any atom is -0.494 e. The number of anilines is 1. The molecule has 0 bridgehead atoms. The number of nitrogens with one attached hydrogen (secondary N) is 1. The molecule has 1 saturated heterocycles. The second-order valence-corrected chi connectivity index (χ2v) is 8.78. The average Bonchev–Trinajstić information content (AvgIpc) is 2.72. The summed E-state index contributed by atoms with van der Waals surface area (Å²) in [5.41, 5.74) is 2.43. The summed E-state index contributed by atoms with van der Waals surface area (Å²) < 4.78 is 45.7. The van der Waals surface area contributed by atoms with Crippen LogP contribution in [0.2, 0.25) is 0 Å². The van der Waals surface area contributed by atoms with E-state index in [1.807, 2.05) is 0 Å². The highest BCUT2D eigenvalue weighted by Crippen LogP contribution is 2.22. The van der Waals surface area contributed by atoms with Crippen molar-refractivity contribution < 1.29 is 17.5 Å². The molecule has 0 atom stereocenters. The van der Waals surface area contributed by atoms with Gasteiger partial charge in [-0.1, -0.05) is 12.1 Å². The van der Waals surface area contributed by atoms with Crippen LogP contribution in [0.15, 0.2) is 47.4 Å². The molecule has 1 fully saturated rings. The van der Waals surface area contributed by atoms with Crippen molar-refractivity contribution in [2.24, 2.45) is 0 Å². The molecule has 0 aromatic heterocycles. The quantitative estimate of drug-likeness (QED) is 0.679. The Balaban J connectivity index is 1.49. The molecule has 1 aliphatic rings. The molecule has 1 heterocycles. The van der Waals surface area contributed by atoms with Crippen LogP contribution < -0.4 is 14.4 Å². The molecule has 0 aliphatic carbocycles. The van der Waals surface area contributed by atoms with E-state index in [2.05, 4.69) is 33.9 Å². The van der Waals surface area contributed by atoms with Gasteiger partial charge in [-0.2, -0.15) is 0 Å². The van der Waals surface area contributed by atoms with Gasteiger partial charge in [0.1, 0.15) is 0 Å². The summed E-state index contributed by atoms with van der Waals surface area (Å²) in [6.45, 7) is 2.53. The smallest absolute Gasteiger partial charge is 0.240 e. The van der Waals surface area contributed by atoms with Crippen LogP contribution >= 0.6 is 0 Å². The number of hydrogen-bond acceptors (Lipinski definition) is 4. The molecule has 2 aromatic carbocycles. The molecule has 7 heteroatoms.